The molecule has 7 nitrogen and oxygen atoms in total. The normalized spacial score (nSPS) is 21.9. The van der Waals surface area contributed by atoms with Crippen molar-refractivity contribution >= 4 is 10.1 Å². The Kier molecular flexibility index (Phi) is 2.34. The lowest BCUT2D eigenvalue weighted by Crippen LogP contribution is -2.40. The largest absolute Gasteiger partial charge is 0.296 e. The molecule has 8 heteroatoms. The molecule has 0 unspecified atom stereocenters. The standard InChI is InChI=1S/C5H6N2O5S/c8-7(9)6-4-2-1-3-5(6)13(10,11)12/h1-5H,(H,10,11,12)/t5-/m1/s1. The van der Waals surface area contributed by atoms with Crippen LogP contribution in [0.2, 0.25) is 0 Å². The number of allylic oxidation sites excluding steroid dienone is 2. The maximum Gasteiger partial charge on any atom is 0.296 e. The molecule has 1 N–H and O–H groups in total. The highest BCUT2D eigenvalue weighted by molar-refractivity contribution is 7.86. The molecule has 1 aliphatic heterocycles. The zero-order valence-electron chi connectivity index (χ0n) is 6.27. The quantitative estimate of drug-likeness (QED) is 0.380. The minimum absolute atomic E-state index is 0.301. The van der Waals surface area contributed by atoms with Crippen LogP contribution in [-0.4, -0.2) is 28.4 Å². The van der Waals surface area contributed by atoms with Crippen LogP contribution < -0.4 is 0 Å². The fourth-order valence-corrected chi connectivity index (χ4v) is 1.56. The lowest BCUT2D eigenvalue weighted by Gasteiger charge is -2.17. The topological polar surface area (TPSA) is 101 Å². The molecule has 0 aromatic heterocycles. The first-order chi connectivity index (χ1) is 5.93. The molecule has 72 valence electrons. The number of nitro groups is 1. The summed E-state index contributed by atoms with van der Waals surface area (Å²) in [4.78, 5) is 10.3. The van der Waals surface area contributed by atoms with Gasteiger partial charge >= 0.3 is 0 Å². The molecule has 0 bridgehead atoms. The highest BCUT2D eigenvalue weighted by atomic mass is 32.2. The van der Waals surface area contributed by atoms with Crippen molar-refractivity contribution < 1.29 is 18.0 Å². The summed E-state index contributed by atoms with van der Waals surface area (Å²) in [6.07, 6.45) is 4.57. The second-order valence-corrected chi connectivity index (χ2v) is 3.76. The first-order valence-electron chi connectivity index (χ1n) is 3.17. The van der Waals surface area contributed by atoms with Crippen molar-refractivity contribution in [3.63, 3.8) is 0 Å². The van der Waals surface area contributed by atoms with Crippen LogP contribution in [0.3, 0.4) is 0 Å². The van der Waals surface area contributed by atoms with E-state index < -0.39 is 20.5 Å². The van der Waals surface area contributed by atoms with Crippen molar-refractivity contribution in [2.24, 2.45) is 0 Å². The summed E-state index contributed by atoms with van der Waals surface area (Å²) >= 11 is 0. The number of nitrogens with zero attached hydrogens (tertiary/aromatic N) is 2. The molecular formula is C5H6N2O5S. The second kappa shape index (κ2) is 3.15. The lowest BCUT2D eigenvalue weighted by atomic mass is 10.4. The average molecular weight is 206 g/mol. The first-order valence-corrected chi connectivity index (χ1v) is 4.67. The summed E-state index contributed by atoms with van der Waals surface area (Å²) in [5.41, 5.74) is 0. The third-order valence-electron chi connectivity index (χ3n) is 1.38. The van der Waals surface area contributed by atoms with E-state index in [2.05, 4.69) is 0 Å². The van der Waals surface area contributed by atoms with Gasteiger partial charge in [0, 0.05) is 0 Å². The van der Waals surface area contributed by atoms with E-state index in [-0.39, 0.29) is 0 Å². The van der Waals surface area contributed by atoms with Crippen LogP contribution >= 0.6 is 0 Å². The van der Waals surface area contributed by atoms with Crippen molar-refractivity contribution in [2.75, 3.05) is 0 Å². The molecule has 0 aromatic carbocycles. The van der Waals surface area contributed by atoms with E-state index in [1.54, 1.807) is 0 Å². The fourth-order valence-electron chi connectivity index (χ4n) is 0.853. The third kappa shape index (κ3) is 2.04. The van der Waals surface area contributed by atoms with Gasteiger partial charge in [0.2, 0.25) is 5.37 Å². The van der Waals surface area contributed by atoms with Gasteiger partial charge in [-0.3, -0.25) is 4.55 Å². The van der Waals surface area contributed by atoms with Crippen LogP contribution in [0.1, 0.15) is 0 Å². The molecule has 1 rings (SSSR count). The Morgan fingerprint density at radius 2 is 2.08 bits per heavy atom. The van der Waals surface area contributed by atoms with E-state index in [1.807, 2.05) is 0 Å². The first kappa shape index (κ1) is 9.68. The summed E-state index contributed by atoms with van der Waals surface area (Å²) in [6, 6.07) is 0. The Balaban J connectivity index is 3.03. The molecule has 13 heavy (non-hydrogen) atoms. The van der Waals surface area contributed by atoms with E-state index in [9.17, 15) is 18.5 Å². The minimum Gasteiger partial charge on any atom is -0.284 e. The van der Waals surface area contributed by atoms with Gasteiger partial charge in [-0.15, -0.1) is 0 Å². The fraction of sp³-hybridized carbons (Fsp3) is 0.200. The molecule has 0 saturated heterocycles. The van der Waals surface area contributed by atoms with Gasteiger partial charge in [-0.25, -0.2) is 10.1 Å². The van der Waals surface area contributed by atoms with E-state index in [0.717, 1.165) is 12.3 Å². The van der Waals surface area contributed by atoms with Gasteiger partial charge < -0.3 is 0 Å². The van der Waals surface area contributed by atoms with Gasteiger partial charge in [0.15, 0.2) is 5.03 Å². The molecule has 1 heterocycles. The molecule has 0 amide bonds. The van der Waals surface area contributed by atoms with Crippen molar-refractivity contribution in [1.82, 2.24) is 5.01 Å². The summed E-state index contributed by atoms with van der Waals surface area (Å²) < 4.78 is 29.9. The third-order valence-corrected chi connectivity index (χ3v) is 2.36. The number of hydrazine groups is 1. The molecule has 0 aliphatic carbocycles. The predicted molar refractivity (Wildman–Crippen MR) is 42.5 cm³/mol. The summed E-state index contributed by atoms with van der Waals surface area (Å²) in [5, 5.41) is 8.02. The van der Waals surface area contributed by atoms with Crippen molar-refractivity contribution in [2.45, 2.75) is 5.37 Å². The molecule has 0 aromatic rings. The maximum absolute atomic E-state index is 10.6. The monoisotopic (exact) mass is 206 g/mol. The van der Waals surface area contributed by atoms with Gasteiger partial charge in [0.25, 0.3) is 10.1 Å². The van der Waals surface area contributed by atoms with E-state index >= 15 is 0 Å². The van der Waals surface area contributed by atoms with Crippen LogP contribution in [0.4, 0.5) is 0 Å². The highest BCUT2D eigenvalue weighted by Gasteiger charge is 2.34. The summed E-state index contributed by atoms with van der Waals surface area (Å²) in [7, 11) is -4.47. The average Bonchev–Trinajstić information content (AvgIpc) is 2.03. The van der Waals surface area contributed by atoms with Crippen LogP contribution in [0, 0.1) is 10.1 Å². The van der Waals surface area contributed by atoms with Crippen LogP contribution in [0.15, 0.2) is 24.4 Å². The number of rotatable bonds is 2. The predicted octanol–water partition coefficient (Wildman–Crippen LogP) is -0.222. The van der Waals surface area contributed by atoms with E-state index in [1.165, 1.54) is 12.2 Å². The van der Waals surface area contributed by atoms with Gasteiger partial charge in [-0.05, 0) is 12.2 Å². The summed E-state index contributed by atoms with van der Waals surface area (Å²) in [5.74, 6) is 0. The van der Waals surface area contributed by atoms with Crippen molar-refractivity contribution in [1.29, 1.82) is 0 Å². The Bertz CT molecular complexity index is 370. The summed E-state index contributed by atoms with van der Waals surface area (Å²) in [6.45, 7) is 0. The molecule has 0 saturated carbocycles. The zero-order chi connectivity index (χ0) is 10.1. The number of hydrogen-bond acceptors (Lipinski definition) is 4. The van der Waals surface area contributed by atoms with Gasteiger partial charge in [0.05, 0.1) is 6.20 Å². The maximum atomic E-state index is 10.6. The molecule has 1 atom stereocenters. The molecule has 0 fully saturated rings. The van der Waals surface area contributed by atoms with Gasteiger partial charge in [-0.1, -0.05) is 11.1 Å². The van der Waals surface area contributed by atoms with Gasteiger partial charge in [0.1, 0.15) is 0 Å². The molecule has 0 radical (unpaired) electrons. The minimum atomic E-state index is -4.47. The smallest absolute Gasteiger partial charge is 0.284 e. The Morgan fingerprint density at radius 1 is 1.46 bits per heavy atom. The van der Waals surface area contributed by atoms with E-state index in [4.69, 9.17) is 4.55 Å². The Morgan fingerprint density at radius 3 is 2.46 bits per heavy atom. The molecular weight excluding hydrogens is 200 g/mol. The van der Waals surface area contributed by atoms with Crippen molar-refractivity contribution in [3.8, 4) is 0 Å². The lowest BCUT2D eigenvalue weighted by molar-refractivity contribution is -0.641. The number of hydrogen-bond donors (Lipinski definition) is 1. The Labute approximate surface area is 73.8 Å². The molecule has 0 spiro atoms. The van der Waals surface area contributed by atoms with Crippen LogP contribution in [0.5, 0.6) is 0 Å². The highest BCUT2D eigenvalue weighted by Crippen LogP contribution is 2.12. The van der Waals surface area contributed by atoms with Gasteiger partial charge in [-0.2, -0.15) is 8.42 Å². The van der Waals surface area contributed by atoms with Crippen LogP contribution in [-0.2, 0) is 10.1 Å². The second-order valence-electron chi connectivity index (χ2n) is 2.25. The molecule has 1 aliphatic rings. The SMILES string of the molecule is O=[N+]([O-])N1C=CC=C[C@H]1S(=O)(=O)O. The van der Waals surface area contributed by atoms with E-state index in [0.29, 0.717) is 5.01 Å². The van der Waals surface area contributed by atoms with Crippen molar-refractivity contribution in [3.05, 3.63) is 34.5 Å². The Hall–Kier alpha value is -1.41. The zero-order valence-corrected chi connectivity index (χ0v) is 7.09. The van der Waals surface area contributed by atoms with Crippen LogP contribution in [0.25, 0.3) is 0 Å².